The highest BCUT2D eigenvalue weighted by Gasteiger charge is 2.10. The second-order valence-corrected chi connectivity index (χ2v) is 6.97. The first-order valence-corrected chi connectivity index (χ1v) is 10.4. The Kier molecular flexibility index (Phi) is 15.7. The molecule has 0 spiro atoms. The minimum Gasteiger partial charge on any atom is -0.495 e. The molecule has 1 heterocycles. The molecule has 0 amide bonds. The second kappa shape index (κ2) is 16.0. The average Bonchev–Trinajstić information content (AvgIpc) is 2.70. The predicted octanol–water partition coefficient (Wildman–Crippen LogP) is 6.61. The van der Waals surface area contributed by atoms with Gasteiger partial charge in [-0.05, 0) is 55.5 Å². The van der Waals surface area contributed by atoms with E-state index < -0.39 is 0 Å². The van der Waals surface area contributed by atoms with E-state index in [1.807, 2.05) is 32.9 Å². The number of methoxy groups -OCH3 is 1. The fourth-order valence-electron chi connectivity index (χ4n) is 2.48. The summed E-state index contributed by atoms with van der Waals surface area (Å²) in [6, 6.07) is 7.29. The van der Waals surface area contributed by atoms with Gasteiger partial charge in [-0.1, -0.05) is 47.6 Å². The molecule has 1 aromatic heterocycles. The highest BCUT2D eigenvalue weighted by Crippen LogP contribution is 2.26. The summed E-state index contributed by atoms with van der Waals surface area (Å²) in [5.74, 6) is 2.19. The molecule has 0 fully saturated rings. The van der Waals surface area contributed by atoms with E-state index in [9.17, 15) is 4.79 Å². The molecule has 1 aromatic carbocycles. The first-order chi connectivity index (χ1) is 14.1. The van der Waals surface area contributed by atoms with Crippen molar-refractivity contribution in [3.8, 4) is 5.75 Å². The van der Waals surface area contributed by atoms with E-state index in [0.717, 1.165) is 22.4 Å². The van der Waals surface area contributed by atoms with E-state index in [1.165, 1.54) is 0 Å². The van der Waals surface area contributed by atoms with Crippen LogP contribution in [0.1, 0.15) is 88.7 Å². The van der Waals surface area contributed by atoms with Gasteiger partial charge in [-0.25, -0.2) is 4.98 Å². The summed E-state index contributed by atoms with van der Waals surface area (Å²) < 4.78 is 5.14. The molecule has 4 N–H and O–H groups in total. The van der Waals surface area contributed by atoms with Crippen LogP contribution in [0.5, 0.6) is 5.75 Å². The van der Waals surface area contributed by atoms with Crippen LogP contribution in [0.25, 0.3) is 0 Å². The van der Waals surface area contributed by atoms with Gasteiger partial charge in [0.25, 0.3) is 0 Å². The maximum Gasteiger partial charge on any atom is 0.160 e. The van der Waals surface area contributed by atoms with E-state index in [0.29, 0.717) is 23.3 Å². The monoisotopic (exact) mass is 415 g/mol. The Morgan fingerprint density at radius 2 is 1.57 bits per heavy atom. The lowest BCUT2D eigenvalue weighted by Crippen LogP contribution is -2.02. The molecule has 0 radical (unpaired) electrons. The number of hydrogen-bond acceptors (Lipinski definition) is 5. The van der Waals surface area contributed by atoms with Crippen LogP contribution >= 0.6 is 0 Å². The molecule has 168 valence electrons. The SMILES string of the molecule is C=CC.CC.CC(=O)c1ccc(N)cc1C(C)C.COc1cnc(N)cc1C(C)C. The largest absolute Gasteiger partial charge is 0.495 e. The van der Waals surface area contributed by atoms with E-state index >= 15 is 0 Å². The van der Waals surface area contributed by atoms with Gasteiger partial charge in [-0.15, -0.1) is 6.58 Å². The third-order valence-electron chi connectivity index (χ3n) is 3.84. The number of ketones is 1. The molecule has 0 aliphatic heterocycles. The minimum absolute atomic E-state index is 0.101. The summed E-state index contributed by atoms with van der Waals surface area (Å²) in [6.07, 6.45) is 3.41. The molecule has 2 rings (SSSR count). The van der Waals surface area contributed by atoms with Crippen LogP contribution in [0.4, 0.5) is 11.5 Å². The molecule has 2 aromatic rings. The lowest BCUT2D eigenvalue weighted by molar-refractivity contribution is 0.101. The third kappa shape index (κ3) is 10.6. The van der Waals surface area contributed by atoms with Gasteiger partial charge in [0.15, 0.2) is 5.78 Å². The number of hydrogen-bond donors (Lipinski definition) is 2. The van der Waals surface area contributed by atoms with Crippen molar-refractivity contribution in [2.24, 2.45) is 0 Å². The lowest BCUT2D eigenvalue weighted by atomic mass is 9.95. The molecule has 0 aliphatic rings. The van der Waals surface area contributed by atoms with Crippen LogP contribution in [-0.4, -0.2) is 17.9 Å². The number of ether oxygens (including phenoxy) is 1. The van der Waals surface area contributed by atoms with Crippen LogP contribution in [0.2, 0.25) is 0 Å². The number of Topliss-reactive ketones (excluding diaryl/α,β-unsaturated/α-hetero) is 1. The van der Waals surface area contributed by atoms with Crippen molar-refractivity contribution in [2.75, 3.05) is 18.6 Å². The zero-order valence-electron chi connectivity index (χ0n) is 20.2. The zero-order valence-corrected chi connectivity index (χ0v) is 20.2. The predicted molar refractivity (Wildman–Crippen MR) is 131 cm³/mol. The van der Waals surface area contributed by atoms with Crippen molar-refractivity contribution in [1.29, 1.82) is 0 Å². The molecule has 0 bridgehead atoms. The van der Waals surface area contributed by atoms with E-state index in [1.54, 1.807) is 38.4 Å². The number of rotatable bonds is 4. The number of aromatic nitrogens is 1. The number of nitrogen functional groups attached to an aromatic ring is 2. The molecule has 5 heteroatoms. The number of pyridine rings is 1. The summed E-state index contributed by atoms with van der Waals surface area (Å²) in [7, 11) is 1.64. The van der Waals surface area contributed by atoms with Gasteiger partial charge in [0.1, 0.15) is 11.6 Å². The summed E-state index contributed by atoms with van der Waals surface area (Å²) >= 11 is 0. The number of nitrogens with two attached hydrogens (primary N) is 2. The smallest absolute Gasteiger partial charge is 0.160 e. The van der Waals surface area contributed by atoms with Crippen molar-refractivity contribution in [3.63, 3.8) is 0 Å². The molecular weight excluding hydrogens is 374 g/mol. The van der Waals surface area contributed by atoms with Crippen molar-refractivity contribution >= 4 is 17.3 Å². The second-order valence-electron chi connectivity index (χ2n) is 6.97. The number of nitrogens with zero attached hydrogens (tertiary/aromatic N) is 1. The Labute approximate surface area is 183 Å². The Morgan fingerprint density at radius 3 is 1.97 bits per heavy atom. The molecule has 30 heavy (non-hydrogen) atoms. The van der Waals surface area contributed by atoms with Crippen molar-refractivity contribution < 1.29 is 9.53 Å². The summed E-state index contributed by atoms with van der Waals surface area (Å²) in [5, 5.41) is 0. The first-order valence-electron chi connectivity index (χ1n) is 10.4. The van der Waals surface area contributed by atoms with Crippen molar-refractivity contribution in [2.45, 2.75) is 67.2 Å². The lowest BCUT2D eigenvalue weighted by Gasteiger charge is -2.10. The topological polar surface area (TPSA) is 91.2 Å². The van der Waals surface area contributed by atoms with E-state index in [2.05, 4.69) is 39.3 Å². The Morgan fingerprint density at radius 1 is 1.07 bits per heavy atom. The zero-order chi connectivity index (χ0) is 23.9. The normalized spacial score (nSPS) is 9.30. The van der Waals surface area contributed by atoms with Gasteiger partial charge >= 0.3 is 0 Å². The molecule has 0 atom stereocenters. The van der Waals surface area contributed by atoms with Crippen LogP contribution in [0.3, 0.4) is 0 Å². The number of benzene rings is 1. The van der Waals surface area contributed by atoms with Gasteiger partial charge < -0.3 is 16.2 Å². The molecule has 0 saturated carbocycles. The van der Waals surface area contributed by atoms with Crippen molar-refractivity contribution in [3.05, 3.63) is 59.8 Å². The molecule has 0 unspecified atom stereocenters. The average molecular weight is 416 g/mol. The number of anilines is 2. The maximum absolute atomic E-state index is 11.2. The first kappa shape index (κ1) is 29.4. The molecular formula is C25H41N3O2. The Balaban J connectivity index is 0. The standard InChI is InChI=1S/C11H15NO.C9H14N2O.C3H6.C2H6/c1-7(2)11-6-9(12)4-5-10(11)8(3)13;1-6(2)7-4-9(10)11-5-8(7)12-3;1-3-2;1-2/h4-7H,12H2,1-3H3;4-6H,1-3H3,(H2,10,11);3H,1H2,2H3;1-2H3. The van der Waals surface area contributed by atoms with Crippen LogP contribution < -0.4 is 16.2 Å². The van der Waals surface area contributed by atoms with Crippen molar-refractivity contribution in [1.82, 2.24) is 4.98 Å². The van der Waals surface area contributed by atoms with Crippen LogP contribution in [0.15, 0.2) is 43.1 Å². The maximum atomic E-state index is 11.2. The van der Waals surface area contributed by atoms with Gasteiger partial charge in [0.05, 0.1) is 13.3 Å². The van der Waals surface area contributed by atoms with Gasteiger partial charge in [0, 0.05) is 16.8 Å². The fraction of sp³-hybridized carbons (Fsp3) is 0.440. The quantitative estimate of drug-likeness (QED) is 0.333. The number of carbonyl (C=O) groups excluding carboxylic acids is 1. The minimum atomic E-state index is 0.101. The van der Waals surface area contributed by atoms with Crippen LogP contribution in [-0.2, 0) is 0 Å². The highest BCUT2D eigenvalue weighted by molar-refractivity contribution is 5.96. The highest BCUT2D eigenvalue weighted by atomic mass is 16.5. The summed E-state index contributed by atoms with van der Waals surface area (Å²) in [6.45, 7) is 19.1. The molecule has 5 nitrogen and oxygen atoms in total. The number of allylic oxidation sites excluding steroid dienone is 1. The van der Waals surface area contributed by atoms with E-state index in [4.69, 9.17) is 16.2 Å². The van der Waals surface area contributed by atoms with E-state index in [-0.39, 0.29) is 5.78 Å². The Bertz CT molecular complexity index is 769. The fourth-order valence-corrected chi connectivity index (χ4v) is 2.48. The number of carbonyl (C=O) groups is 1. The van der Waals surface area contributed by atoms with Gasteiger partial charge in [-0.2, -0.15) is 0 Å². The van der Waals surface area contributed by atoms with Gasteiger partial charge in [0.2, 0.25) is 0 Å². The van der Waals surface area contributed by atoms with Crippen LogP contribution in [0, 0.1) is 0 Å². The molecule has 0 saturated heterocycles. The van der Waals surface area contributed by atoms with Gasteiger partial charge in [-0.3, -0.25) is 4.79 Å². The third-order valence-corrected chi connectivity index (χ3v) is 3.84. The molecule has 0 aliphatic carbocycles. The summed E-state index contributed by atoms with van der Waals surface area (Å²) in [5.41, 5.74) is 14.8. The Hall–Kier alpha value is -2.82. The summed E-state index contributed by atoms with van der Waals surface area (Å²) in [4.78, 5) is 15.2.